The van der Waals surface area contributed by atoms with E-state index in [4.69, 9.17) is 41.7 Å². The molecule has 0 saturated carbocycles. The van der Waals surface area contributed by atoms with Crippen LogP contribution in [-0.4, -0.2) is 91.5 Å². The van der Waals surface area contributed by atoms with Crippen molar-refractivity contribution in [3.05, 3.63) is 46.6 Å². The molecule has 0 spiro atoms. The van der Waals surface area contributed by atoms with Gasteiger partial charge in [0, 0.05) is 56.1 Å². The second-order valence-electron chi connectivity index (χ2n) is 12.8. The molecule has 0 aromatic carbocycles. The minimum absolute atomic E-state index is 0.177. The van der Waals surface area contributed by atoms with Gasteiger partial charge in [-0.05, 0) is 73.6 Å². The van der Waals surface area contributed by atoms with Gasteiger partial charge in [-0.15, -0.1) is 23.2 Å². The molecule has 2 fully saturated rings. The fourth-order valence-corrected chi connectivity index (χ4v) is 10.5. The smallest absolute Gasteiger partial charge is 0.345 e. The molecule has 0 aliphatic carbocycles. The number of nitrogens with one attached hydrogen (secondary N) is 2. The highest BCUT2D eigenvalue weighted by atomic mass is 79.9. The summed E-state index contributed by atoms with van der Waals surface area (Å²) in [5, 5.41) is 6.73. The van der Waals surface area contributed by atoms with Crippen LogP contribution in [0.1, 0.15) is 93.4 Å². The molecule has 292 valence electrons. The molecule has 0 radical (unpaired) electrons. The van der Waals surface area contributed by atoms with Crippen LogP contribution in [0.25, 0.3) is 0 Å². The lowest BCUT2D eigenvalue weighted by Gasteiger charge is -2.40. The first-order valence-corrected chi connectivity index (χ1v) is 23.2. The molecule has 15 heteroatoms. The average molecular weight is 851 g/mol. The van der Waals surface area contributed by atoms with Gasteiger partial charge in [-0.3, -0.25) is 9.13 Å². The molecule has 0 aromatic heterocycles. The Morgan fingerprint density at radius 1 is 0.760 bits per heavy atom. The normalized spacial score (nSPS) is 25.2. The summed E-state index contributed by atoms with van der Waals surface area (Å²) in [6, 6.07) is 0. The third-order valence-electron chi connectivity index (χ3n) is 7.82. The Hall–Kier alpha value is 0.160. The number of rotatable bonds is 22. The Balaban J connectivity index is 0.000000500. The number of halogens is 3. The Kier molecular flexibility index (Phi) is 26.7. The lowest BCUT2D eigenvalue weighted by atomic mass is 10.1. The molecule has 4 atom stereocenters. The minimum atomic E-state index is -3.14. The Labute approximate surface area is 322 Å². The molecule has 2 aliphatic heterocycles. The van der Waals surface area contributed by atoms with Crippen LogP contribution in [0, 0.1) is 0 Å². The van der Waals surface area contributed by atoms with Gasteiger partial charge >= 0.3 is 15.3 Å². The second-order valence-corrected chi connectivity index (χ2v) is 18.6. The van der Waals surface area contributed by atoms with Crippen LogP contribution in [0.3, 0.4) is 0 Å². The standard InChI is InChI=1S/C18H34BrN2O3P.C17H31Cl2N2O3P/c1-5-12-20-25(22)21(13-11-19)18(10-15-24-25)23-14-9-17(4)8-6-7-16(2)3;1-15(2)5-4-6-16(3)7-13-23-17-8-14-24-25(22,20-11-9-18)21(17)12-10-19/h7,9,18H,5-6,8,10-15H2,1-4H3,(H,20,22);5,7,17H,4,6,8-14H2,1-3H3,(H,20,22)/b17-9+;16-7+. The highest BCUT2D eigenvalue weighted by Gasteiger charge is 2.41. The maximum Gasteiger partial charge on any atom is 0.345 e. The Bertz CT molecular complexity index is 1080. The van der Waals surface area contributed by atoms with Crippen LogP contribution in [0.2, 0.25) is 0 Å². The summed E-state index contributed by atoms with van der Waals surface area (Å²) in [5.74, 6) is 0.717. The predicted molar refractivity (Wildman–Crippen MR) is 216 cm³/mol. The third kappa shape index (κ3) is 19.5. The fraction of sp³-hybridized carbons (Fsp3) is 0.771. The molecule has 0 aromatic rings. The Morgan fingerprint density at radius 2 is 1.22 bits per heavy atom. The molecule has 0 bridgehead atoms. The molecule has 4 unspecified atom stereocenters. The quantitative estimate of drug-likeness (QED) is 0.0622. The molecule has 2 rings (SSSR count). The first-order valence-electron chi connectivity index (χ1n) is 17.9. The summed E-state index contributed by atoms with van der Waals surface area (Å²) >= 11 is 15.0. The molecular weight excluding hydrogens is 785 g/mol. The number of nitrogens with zero attached hydrogens (tertiary/aromatic N) is 2. The van der Waals surface area contributed by atoms with E-state index in [9.17, 15) is 9.13 Å². The first kappa shape index (κ1) is 48.2. The highest BCUT2D eigenvalue weighted by molar-refractivity contribution is 9.09. The monoisotopic (exact) mass is 848 g/mol. The summed E-state index contributed by atoms with van der Waals surface area (Å²) in [4.78, 5) is 0. The van der Waals surface area contributed by atoms with Crippen molar-refractivity contribution in [1.82, 2.24) is 19.5 Å². The van der Waals surface area contributed by atoms with Crippen LogP contribution in [0.4, 0.5) is 0 Å². The van der Waals surface area contributed by atoms with Crippen LogP contribution < -0.4 is 10.2 Å². The average Bonchev–Trinajstić information content (AvgIpc) is 3.06. The highest BCUT2D eigenvalue weighted by Crippen LogP contribution is 2.52. The number of alkyl halides is 3. The lowest BCUT2D eigenvalue weighted by molar-refractivity contribution is -0.0427. The van der Waals surface area contributed by atoms with E-state index in [-0.39, 0.29) is 12.5 Å². The minimum Gasteiger partial charge on any atom is -0.358 e. The van der Waals surface area contributed by atoms with Crippen molar-refractivity contribution in [2.75, 3.05) is 69.7 Å². The van der Waals surface area contributed by atoms with E-state index >= 15 is 0 Å². The van der Waals surface area contributed by atoms with Crippen molar-refractivity contribution in [2.24, 2.45) is 0 Å². The number of hydrogen-bond acceptors (Lipinski definition) is 6. The van der Waals surface area contributed by atoms with Crippen molar-refractivity contribution < 1.29 is 27.7 Å². The topological polar surface area (TPSA) is 102 Å². The van der Waals surface area contributed by atoms with Crippen LogP contribution in [0.15, 0.2) is 46.6 Å². The third-order valence-corrected chi connectivity index (χ3v) is 13.1. The van der Waals surface area contributed by atoms with Gasteiger partial charge in [-0.1, -0.05) is 69.5 Å². The molecule has 10 nitrogen and oxygen atoms in total. The largest absolute Gasteiger partial charge is 0.358 e. The van der Waals surface area contributed by atoms with Crippen molar-refractivity contribution in [3.8, 4) is 0 Å². The van der Waals surface area contributed by atoms with Gasteiger partial charge in [0.1, 0.15) is 12.5 Å². The molecule has 2 aliphatic rings. The van der Waals surface area contributed by atoms with E-state index in [1.54, 1.807) is 4.67 Å². The van der Waals surface area contributed by atoms with E-state index in [1.165, 1.54) is 22.3 Å². The SMILES string of the molecule is CC(C)=CCC/C(C)=C/COC1CCOP(=O)(NCCCl)N1CCCl.CCCNP1(=O)OCCC(OC/C=C(\C)CCC=C(C)C)N1CCBr. The first-order chi connectivity index (χ1) is 23.8. The predicted octanol–water partition coefficient (Wildman–Crippen LogP) is 10.2. The number of allylic oxidation sites excluding steroid dienone is 6. The summed E-state index contributed by atoms with van der Waals surface area (Å²) in [5.41, 5.74) is 5.30. The van der Waals surface area contributed by atoms with Gasteiger partial charge in [0.2, 0.25) is 0 Å². The van der Waals surface area contributed by atoms with Crippen LogP contribution in [0.5, 0.6) is 0 Å². The van der Waals surface area contributed by atoms with Gasteiger partial charge in [0.25, 0.3) is 0 Å². The van der Waals surface area contributed by atoms with Gasteiger partial charge in [-0.25, -0.2) is 10.2 Å². The van der Waals surface area contributed by atoms with Crippen molar-refractivity contribution in [3.63, 3.8) is 0 Å². The molecule has 2 N–H and O–H groups in total. The van der Waals surface area contributed by atoms with Gasteiger partial charge in [0.05, 0.1) is 26.4 Å². The fourth-order valence-electron chi connectivity index (χ4n) is 5.10. The van der Waals surface area contributed by atoms with E-state index in [0.29, 0.717) is 70.8 Å². The zero-order chi connectivity index (χ0) is 37.4. The molecule has 50 heavy (non-hydrogen) atoms. The van der Waals surface area contributed by atoms with Crippen LogP contribution in [-0.2, 0) is 27.7 Å². The summed E-state index contributed by atoms with van der Waals surface area (Å²) in [6.07, 6.45) is 14.7. The van der Waals surface area contributed by atoms with E-state index in [0.717, 1.165) is 43.9 Å². The lowest BCUT2D eigenvalue weighted by Crippen LogP contribution is -2.44. The van der Waals surface area contributed by atoms with Crippen molar-refractivity contribution in [1.29, 1.82) is 0 Å². The van der Waals surface area contributed by atoms with Crippen LogP contribution >= 0.6 is 54.5 Å². The van der Waals surface area contributed by atoms with Gasteiger partial charge < -0.3 is 18.5 Å². The summed E-state index contributed by atoms with van der Waals surface area (Å²) < 4.78 is 52.8. The van der Waals surface area contributed by atoms with Crippen molar-refractivity contribution >= 4 is 54.5 Å². The van der Waals surface area contributed by atoms with Gasteiger partial charge in [-0.2, -0.15) is 9.34 Å². The molecule has 2 saturated heterocycles. The molecule has 0 amide bonds. The van der Waals surface area contributed by atoms with E-state index in [2.05, 4.69) is 98.9 Å². The summed E-state index contributed by atoms with van der Waals surface area (Å²) in [6.45, 7) is 18.8. The van der Waals surface area contributed by atoms with Crippen molar-refractivity contribution in [2.45, 2.75) is 106 Å². The molecular formula is C35H65BrCl2N4O6P2. The zero-order valence-corrected chi connectivity index (χ0v) is 36.5. The maximum atomic E-state index is 13.1. The zero-order valence-electron chi connectivity index (χ0n) is 31.6. The maximum absolute atomic E-state index is 13.1. The van der Waals surface area contributed by atoms with E-state index in [1.807, 2.05) is 4.67 Å². The number of ether oxygens (including phenoxy) is 2. The number of hydrogen-bond donors (Lipinski definition) is 2. The molecule has 2 heterocycles. The Morgan fingerprint density at radius 3 is 1.62 bits per heavy atom. The van der Waals surface area contributed by atoms with Gasteiger partial charge in [0.15, 0.2) is 0 Å². The summed E-state index contributed by atoms with van der Waals surface area (Å²) in [7, 11) is -6.15. The second kappa shape index (κ2) is 27.7. The van der Waals surface area contributed by atoms with E-state index < -0.39 is 15.3 Å².